The molecule has 0 aromatic carbocycles. The SMILES string of the molecule is C=CN=C(C=C)c1cccc(-c2ccccn2)n1.[Cl][Au]. The second-order valence-electron chi connectivity index (χ2n) is 3.52. The van der Waals surface area contributed by atoms with Crippen LogP contribution in [-0.2, 0) is 20.0 Å². The summed E-state index contributed by atoms with van der Waals surface area (Å²) in [6, 6.07) is 11.5. The molecule has 0 aliphatic carbocycles. The van der Waals surface area contributed by atoms with E-state index in [0.29, 0.717) is 5.71 Å². The van der Waals surface area contributed by atoms with Crippen LogP contribution in [0, 0.1) is 0 Å². The molecular formula is C15H13AuClN3. The molecule has 0 atom stereocenters. The van der Waals surface area contributed by atoms with Crippen molar-refractivity contribution in [3.63, 3.8) is 0 Å². The molecule has 2 aromatic heterocycles. The summed E-state index contributed by atoms with van der Waals surface area (Å²) in [5, 5.41) is 0. The van der Waals surface area contributed by atoms with Gasteiger partial charge in [0.1, 0.15) is 0 Å². The average molecular weight is 468 g/mol. The fourth-order valence-electron chi connectivity index (χ4n) is 1.56. The number of aliphatic imine (C=N–C) groups is 1. The molecule has 0 amide bonds. The van der Waals surface area contributed by atoms with E-state index in [2.05, 4.69) is 37.3 Å². The minimum absolute atomic E-state index is 0.697. The zero-order valence-corrected chi connectivity index (χ0v) is 13.6. The number of nitrogens with zero attached hydrogens (tertiary/aromatic N) is 3. The van der Waals surface area contributed by atoms with E-state index in [9.17, 15) is 0 Å². The molecule has 0 aliphatic heterocycles. The van der Waals surface area contributed by atoms with Crippen molar-refractivity contribution >= 4 is 14.9 Å². The standard InChI is InChI=1S/C15H13N3.Au.ClH/c1-3-12(16-4-2)14-9-7-10-15(18-14)13-8-5-6-11-17-13;;/h3-11H,1-2H2;;1H/q;+1;/p-1. The predicted molar refractivity (Wildman–Crippen MR) is 80.3 cm³/mol. The number of pyridine rings is 2. The Balaban J connectivity index is 0.000000956. The van der Waals surface area contributed by atoms with Gasteiger partial charge in [-0.15, -0.1) is 0 Å². The first-order chi connectivity index (χ1) is 9.85. The van der Waals surface area contributed by atoms with E-state index in [1.165, 1.54) is 6.20 Å². The molecule has 0 unspecified atom stereocenters. The summed E-state index contributed by atoms with van der Waals surface area (Å²) in [6.45, 7) is 7.30. The monoisotopic (exact) mass is 467 g/mol. The van der Waals surface area contributed by atoms with E-state index < -0.39 is 0 Å². The zero-order chi connectivity index (χ0) is 14.8. The van der Waals surface area contributed by atoms with E-state index in [4.69, 9.17) is 0 Å². The summed E-state index contributed by atoms with van der Waals surface area (Å²) in [5.74, 6) is 0. The molecule has 0 bridgehead atoms. The van der Waals surface area contributed by atoms with Crippen LogP contribution in [0.25, 0.3) is 11.4 Å². The van der Waals surface area contributed by atoms with E-state index in [-0.39, 0.29) is 0 Å². The Morgan fingerprint density at radius 2 is 1.85 bits per heavy atom. The fraction of sp³-hybridized carbons (Fsp3) is 0. The van der Waals surface area contributed by atoms with Crippen LogP contribution in [0.5, 0.6) is 0 Å². The number of hydrogen-bond acceptors (Lipinski definition) is 3. The molecule has 2 aromatic rings. The molecule has 106 valence electrons. The van der Waals surface area contributed by atoms with Crippen LogP contribution in [0.3, 0.4) is 0 Å². The summed E-state index contributed by atoms with van der Waals surface area (Å²) >= 11 is 1.75. The summed E-state index contributed by atoms with van der Waals surface area (Å²) in [7, 11) is 4.58. The van der Waals surface area contributed by atoms with Crippen molar-refractivity contribution < 1.29 is 20.0 Å². The van der Waals surface area contributed by atoms with Gasteiger partial charge in [0.25, 0.3) is 0 Å². The van der Waals surface area contributed by atoms with Crippen LogP contribution in [-0.4, -0.2) is 15.7 Å². The molecule has 2 rings (SSSR count). The Hall–Kier alpha value is -1.52. The van der Waals surface area contributed by atoms with Crippen LogP contribution >= 0.6 is 9.19 Å². The topological polar surface area (TPSA) is 38.1 Å². The van der Waals surface area contributed by atoms with E-state index >= 15 is 0 Å². The first-order valence-corrected chi connectivity index (χ1v) is 8.35. The number of halogens is 1. The number of aromatic nitrogens is 2. The normalized spacial score (nSPS) is 10.2. The van der Waals surface area contributed by atoms with Gasteiger partial charge < -0.3 is 0 Å². The fourth-order valence-corrected chi connectivity index (χ4v) is 1.56. The van der Waals surface area contributed by atoms with Crippen molar-refractivity contribution in [3.05, 3.63) is 73.7 Å². The van der Waals surface area contributed by atoms with Gasteiger partial charge in [-0.2, -0.15) is 0 Å². The van der Waals surface area contributed by atoms with Gasteiger partial charge >= 0.3 is 29.2 Å². The van der Waals surface area contributed by atoms with Crippen molar-refractivity contribution in [2.45, 2.75) is 0 Å². The minimum atomic E-state index is 0.697. The van der Waals surface area contributed by atoms with Gasteiger partial charge in [-0.3, -0.25) is 9.98 Å². The van der Waals surface area contributed by atoms with Gasteiger partial charge in [0.2, 0.25) is 0 Å². The molecule has 0 aliphatic rings. The zero-order valence-electron chi connectivity index (χ0n) is 10.6. The van der Waals surface area contributed by atoms with Crippen LogP contribution in [0.1, 0.15) is 5.69 Å². The molecule has 3 nitrogen and oxygen atoms in total. The van der Waals surface area contributed by atoms with Crippen LogP contribution in [0.15, 0.2) is 73.0 Å². The number of allylic oxidation sites excluding steroid dienone is 1. The average Bonchev–Trinajstić information content (AvgIpc) is 2.55. The summed E-state index contributed by atoms with van der Waals surface area (Å²) in [6.07, 6.45) is 4.88. The Kier molecular flexibility index (Phi) is 7.77. The van der Waals surface area contributed by atoms with Crippen LogP contribution < -0.4 is 0 Å². The van der Waals surface area contributed by atoms with Crippen LogP contribution in [0.4, 0.5) is 0 Å². The summed E-state index contributed by atoms with van der Waals surface area (Å²) in [4.78, 5) is 12.9. The molecule has 20 heavy (non-hydrogen) atoms. The van der Waals surface area contributed by atoms with Gasteiger partial charge in [0, 0.05) is 12.4 Å². The predicted octanol–water partition coefficient (Wildman–Crippen LogP) is 3.95. The van der Waals surface area contributed by atoms with E-state index in [1.807, 2.05) is 36.4 Å². The summed E-state index contributed by atoms with van der Waals surface area (Å²) < 4.78 is 0. The van der Waals surface area contributed by atoms with E-state index in [1.54, 1.807) is 32.3 Å². The first-order valence-electron chi connectivity index (χ1n) is 5.66. The third kappa shape index (κ3) is 4.54. The maximum atomic E-state index is 4.58. The number of rotatable bonds is 4. The van der Waals surface area contributed by atoms with Crippen molar-refractivity contribution in [2.75, 3.05) is 0 Å². The Bertz CT molecular complexity index is 597. The van der Waals surface area contributed by atoms with Gasteiger partial charge in [-0.25, -0.2) is 4.98 Å². The molecule has 5 heteroatoms. The van der Waals surface area contributed by atoms with Gasteiger partial charge in [0.05, 0.1) is 22.8 Å². The van der Waals surface area contributed by atoms with Crippen molar-refractivity contribution in [1.29, 1.82) is 0 Å². The van der Waals surface area contributed by atoms with E-state index in [0.717, 1.165) is 17.1 Å². The molecule has 0 fully saturated rings. The molecule has 0 saturated heterocycles. The summed E-state index contributed by atoms with van der Waals surface area (Å²) in [5.41, 5.74) is 3.10. The Morgan fingerprint density at radius 3 is 2.45 bits per heavy atom. The number of hydrogen-bond donors (Lipinski definition) is 0. The third-order valence-electron chi connectivity index (χ3n) is 2.36. The molecule has 0 saturated carbocycles. The second kappa shape index (κ2) is 9.39. The van der Waals surface area contributed by atoms with Crippen molar-refractivity contribution in [1.82, 2.24) is 9.97 Å². The van der Waals surface area contributed by atoms with Crippen molar-refractivity contribution in [2.24, 2.45) is 4.99 Å². The van der Waals surface area contributed by atoms with Crippen LogP contribution in [0.2, 0.25) is 0 Å². The Labute approximate surface area is 134 Å². The third-order valence-corrected chi connectivity index (χ3v) is 2.36. The van der Waals surface area contributed by atoms with Gasteiger partial charge in [0.15, 0.2) is 0 Å². The molecule has 0 spiro atoms. The molecule has 0 N–H and O–H groups in total. The quantitative estimate of drug-likeness (QED) is 0.504. The van der Waals surface area contributed by atoms with Gasteiger partial charge in [-0.05, 0) is 30.3 Å². The molecule has 2 heterocycles. The Morgan fingerprint density at radius 1 is 1.10 bits per heavy atom. The second-order valence-corrected chi connectivity index (χ2v) is 3.52. The molecular weight excluding hydrogens is 455 g/mol. The van der Waals surface area contributed by atoms with Gasteiger partial charge in [-0.1, -0.05) is 25.3 Å². The maximum absolute atomic E-state index is 4.58. The van der Waals surface area contributed by atoms with Crippen molar-refractivity contribution in [3.8, 4) is 11.4 Å². The molecule has 0 radical (unpaired) electrons. The first kappa shape index (κ1) is 16.5.